The normalized spacial score (nSPS) is 23.2. The molecule has 96 valence electrons. The maximum absolute atomic E-state index is 11.9. The highest BCUT2D eigenvalue weighted by Gasteiger charge is 2.43. The largest absolute Gasteiger partial charge is 0.452 e. The molecule has 1 aliphatic rings. The highest BCUT2D eigenvalue weighted by Crippen LogP contribution is 2.19. The van der Waals surface area contributed by atoms with E-state index in [0.29, 0.717) is 6.42 Å². The molecule has 1 saturated heterocycles. The third kappa shape index (κ3) is 3.08. The third-order valence-corrected chi connectivity index (χ3v) is 3.30. The molecule has 0 saturated carbocycles. The maximum Gasteiger partial charge on any atom is 0.343 e. The Hall–Kier alpha value is -0.950. The van der Waals surface area contributed by atoms with Crippen molar-refractivity contribution >= 4 is 34.3 Å². The van der Waals surface area contributed by atoms with Crippen LogP contribution in [0.3, 0.4) is 0 Å². The van der Waals surface area contributed by atoms with Crippen molar-refractivity contribution in [3.63, 3.8) is 0 Å². The molecular formula is C13H13IO4. The van der Waals surface area contributed by atoms with E-state index in [0.717, 1.165) is 9.99 Å². The number of halogens is 1. The SMILES string of the molecule is O=C1OC(CCI)C(=O)C1OCc1ccccc1. The number of rotatable bonds is 5. The van der Waals surface area contributed by atoms with Crippen LogP contribution in [0, 0.1) is 0 Å². The molecule has 2 atom stereocenters. The molecule has 1 aromatic carbocycles. The number of cyclic esters (lactones) is 1. The fraction of sp³-hybridized carbons (Fsp3) is 0.385. The van der Waals surface area contributed by atoms with Crippen LogP contribution in [0.5, 0.6) is 0 Å². The molecule has 1 heterocycles. The smallest absolute Gasteiger partial charge is 0.343 e. The number of ketones is 1. The minimum Gasteiger partial charge on any atom is -0.452 e. The van der Waals surface area contributed by atoms with E-state index < -0.39 is 18.2 Å². The number of benzene rings is 1. The Morgan fingerprint density at radius 2 is 1.94 bits per heavy atom. The summed E-state index contributed by atoms with van der Waals surface area (Å²) in [6, 6.07) is 9.42. The molecule has 0 amide bonds. The first-order valence-corrected chi connectivity index (χ1v) is 7.20. The zero-order valence-electron chi connectivity index (χ0n) is 9.67. The summed E-state index contributed by atoms with van der Waals surface area (Å²) in [6.07, 6.45) is -1.13. The molecule has 2 unspecified atom stereocenters. The van der Waals surface area contributed by atoms with Crippen LogP contribution in [0.1, 0.15) is 12.0 Å². The van der Waals surface area contributed by atoms with Crippen molar-refractivity contribution < 1.29 is 19.1 Å². The van der Waals surface area contributed by atoms with Crippen LogP contribution < -0.4 is 0 Å². The van der Waals surface area contributed by atoms with Crippen molar-refractivity contribution in [2.24, 2.45) is 0 Å². The summed E-state index contributed by atoms with van der Waals surface area (Å²) in [5, 5.41) is 0. The van der Waals surface area contributed by atoms with Crippen molar-refractivity contribution in [3.8, 4) is 0 Å². The lowest BCUT2D eigenvalue weighted by molar-refractivity contribution is -0.150. The van der Waals surface area contributed by atoms with E-state index in [1.165, 1.54) is 0 Å². The average Bonchev–Trinajstić information content (AvgIpc) is 2.64. The van der Waals surface area contributed by atoms with Crippen molar-refractivity contribution in [1.82, 2.24) is 0 Å². The predicted molar refractivity (Wildman–Crippen MR) is 73.4 cm³/mol. The fourth-order valence-electron chi connectivity index (χ4n) is 1.75. The van der Waals surface area contributed by atoms with Crippen molar-refractivity contribution in [3.05, 3.63) is 35.9 Å². The molecule has 1 aromatic rings. The van der Waals surface area contributed by atoms with E-state index in [-0.39, 0.29) is 12.4 Å². The van der Waals surface area contributed by atoms with Gasteiger partial charge in [0.2, 0.25) is 11.9 Å². The van der Waals surface area contributed by atoms with Gasteiger partial charge in [0.25, 0.3) is 0 Å². The lowest BCUT2D eigenvalue weighted by atomic mass is 10.1. The fourth-order valence-corrected chi connectivity index (χ4v) is 2.31. The van der Waals surface area contributed by atoms with Crippen molar-refractivity contribution in [2.45, 2.75) is 25.2 Å². The zero-order chi connectivity index (χ0) is 13.0. The summed E-state index contributed by atoms with van der Waals surface area (Å²) in [5.74, 6) is -0.821. The van der Waals surface area contributed by atoms with E-state index >= 15 is 0 Å². The first-order chi connectivity index (χ1) is 8.72. The maximum atomic E-state index is 11.9. The van der Waals surface area contributed by atoms with Gasteiger partial charge in [-0.2, -0.15) is 0 Å². The molecule has 18 heavy (non-hydrogen) atoms. The van der Waals surface area contributed by atoms with Gasteiger partial charge >= 0.3 is 5.97 Å². The number of ether oxygens (including phenoxy) is 2. The molecule has 1 fully saturated rings. The minimum absolute atomic E-state index is 0.239. The van der Waals surface area contributed by atoms with Gasteiger partial charge in [0.1, 0.15) is 0 Å². The molecule has 4 nitrogen and oxygen atoms in total. The summed E-state index contributed by atoms with van der Waals surface area (Å²) in [5.41, 5.74) is 0.926. The number of carbonyl (C=O) groups excluding carboxylic acids is 2. The summed E-state index contributed by atoms with van der Waals surface area (Å²) in [6.45, 7) is 0.239. The van der Waals surface area contributed by atoms with E-state index in [1.807, 2.05) is 30.3 Å². The minimum atomic E-state index is -1.06. The van der Waals surface area contributed by atoms with Crippen LogP contribution in [0.2, 0.25) is 0 Å². The topological polar surface area (TPSA) is 52.6 Å². The predicted octanol–water partition coefficient (Wildman–Crippen LogP) is 1.89. The summed E-state index contributed by atoms with van der Waals surface area (Å²) in [4.78, 5) is 23.4. The summed E-state index contributed by atoms with van der Waals surface area (Å²) < 4.78 is 11.1. The number of Topliss-reactive ketones (excluding diaryl/α,β-unsaturated/α-hetero) is 1. The molecule has 0 N–H and O–H groups in total. The second kappa shape index (κ2) is 6.29. The van der Waals surface area contributed by atoms with Crippen LogP contribution in [-0.4, -0.2) is 28.4 Å². The summed E-state index contributed by atoms with van der Waals surface area (Å²) in [7, 11) is 0. The summed E-state index contributed by atoms with van der Waals surface area (Å²) >= 11 is 2.15. The van der Waals surface area contributed by atoms with Gasteiger partial charge in [-0.25, -0.2) is 4.79 Å². The van der Waals surface area contributed by atoms with E-state index in [2.05, 4.69) is 22.6 Å². The quantitative estimate of drug-likeness (QED) is 0.348. The molecule has 1 aliphatic heterocycles. The molecule has 0 bridgehead atoms. The lowest BCUT2D eigenvalue weighted by Crippen LogP contribution is -2.28. The van der Waals surface area contributed by atoms with Crippen LogP contribution in [0.4, 0.5) is 0 Å². The van der Waals surface area contributed by atoms with E-state index in [9.17, 15) is 9.59 Å². The Kier molecular flexibility index (Phi) is 4.71. The molecule has 5 heteroatoms. The van der Waals surface area contributed by atoms with Crippen LogP contribution in [-0.2, 0) is 25.7 Å². The number of hydrogen-bond acceptors (Lipinski definition) is 4. The van der Waals surface area contributed by atoms with Gasteiger partial charge in [0.05, 0.1) is 6.61 Å². The molecule has 0 aliphatic carbocycles. The van der Waals surface area contributed by atoms with E-state index in [1.54, 1.807) is 0 Å². The number of hydrogen-bond donors (Lipinski definition) is 0. The monoisotopic (exact) mass is 360 g/mol. The van der Waals surface area contributed by atoms with Gasteiger partial charge in [0, 0.05) is 10.8 Å². The van der Waals surface area contributed by atoms with Gasteiger partial charge in [-0.05, 0) is 5.56 Å². The lowest BCUT2D eigenvalue weighted by Gasteiger charge is -2.07. The van der Waals surface area contributed by atoms with Gasteiger partial charge in [-0.15, -0.1) is 0 Å². The Labute approximate surface area is 119 Å². The van der Waals surface area contributed by atoms with Gasteiger partial charge in [-0.3, -0.25) is 4.79 Å². The Morgan fingerprint density at radius 3 is 2.61 bits per heavy atom. The van der Waals surface area contributed by atoms with Crippen LogP contribution >= 0.6 is 22.6 Å². The molecular weight excluding hydrogens is 347 g/mol. The van der Waals surface area contributed by atoms with Crippen molar-refractivity contribution in [2.75, 3.05) is 4.43 Å². The first-order valence-electron chi connectivity index (χ1n) is 5.68. The molecule has 0 aromatic heterocycles. The molecule has 0 spiro atoms. The number of esters is 1. The standard InChI is InChI=1S/C13H13IO4/c14-7-6-10-11(15)12(13(16)18-10)17-8-9-4-2-1-3-5-9/h1-5,10,12H,6-8H2. The number of alkyl halides is 1. The molecule has 0 radical (unpaired) electrons. The van der Waals surface area contributed by atoms with Gasteiger partial charge in [0.15, 0.2) is 6.10 Å². The Morgan fingerprint density at radius 1 is 1.22 bits per heavy atom. The average molecular weight is 360 g/mol. The van der Waals surface area contributed by atoms with Gasteiger partial charge < -0.3 is 9.47 Å². The Balaban J connectivity index is 1.93. The van der Waals surface area contributed by atoms with Crippen LogP contribution in [0.25, 0.3) is 0 Å². The van der Waals surface area contributed by atoms with E-state index in [4.69, 9.17) is 9.47 Å². The highest BCUT2D eigenvalue weighted by atomic mass is 127. The van der Waals surface area contributed by atoms with Gasteiger partial charge in [-0.1, -0.05) is 52.9 Å². The third-order valence-electron chi connectivity index (χ3n) is 2.68. The first kappa shape index (κ1) is 13.5. The van der Waals surface area contributed by atoms with Crippen LogP contribution in [0.15, 0.2) is 30.3 Å². The van der Waals surface area contributed by atoms with Crippen molar-refractivity contribution in [1.29, 1.82) is 0 Å². The second-order valence-corrected chi connectivity index (χ2v) is 5.06. The highest BCUT2D eigenvalue weighted by molar-refractivity contribution is 14.1. The zero-order valence-corrected chi connectivity index (χ0v) is 11.8. The Bertz CT molecular complexity index is 432. The number of carbonyl (C=O) groups is 2. The second-order valence-electron chi connectivity index (χ2n) is 3.98. The molecule has 2 rings (SSSR count).